The second-order valence-corrected chi connectivity index (χ2v) is 13.8. The van der Waals surface area contributed by atoms with Gasteiger partial charge in [-0.25, -0.2) is 4.57 Å². The van der Waals surface area contributed by atoms with Crippen LogP contribution in [0.15, 0.2) is 72.9 Å². The van der Waals surface area contributed by atoms with Crippen molar-refractivity contribution >= 4 is 13.7 Å². The summed E-state index contributed by atoms with van der Waals surface area (Å²) < 4.78 is 22.0. The Balaban J connectivity index is 4.39. The molecule has 0 aromatic rings. The van der Waals surface area contributed by atoms with Crippen LogP contribution in [-0.4, -0.2) is 47.8 Å². The number of hydrogen-bond acceptors (Lipinski definition) is 6. The lowest BCUT2D eigenvalue weighted by Gasteiger charge is -2.23. The summed E-state index contributed by atoms with van der Waals surface area (Å²) in [6.07, 6.45) is 45.2. The summed E-state index contributed by atoms with van der Waals surface area (Å²) in [6, 6.07) is -0.890. The molecule has 0 radical (unpaired) electrons. The number of nitrogens with two attached hydrogens (primary N) is 1. The van der Waals surface area contributed by atoms with E-state index in [0.29, 0.717) is 6.42 Å². The van der Waals surface area contributed by atoms with Gasteiger partial charge in [0.15, 0.2) is 0 Å². The van der Waals surface area contributed by atoms with Gasteiger partial charge in [-0.15, -0.1) is 0 Å². The number of nitrogens with one attached hydrogen (secondary N) is 1. The van der Waals surface area contributed by atoms with Gasteiger partial charge in [0.05, 0.1) is 25.4 Å². The van der Waals surface area contributed by atoms with Gasteiger partial charge >= 0.3 is 7.82 Å². The normalized spacial score (nSPS) is 15.1. The van der Waals surface area contributed by atoms with Crippen LogP contribution in [-0.2, 0) is 18.4 Å². The summed E-state index contributed by atoms with van der Waals surface area (Å²) in [7, 11) is -4.35. The summed E-state index contributed by atoms with van der Waals surface area (Å²) >= 11 is 0. The van der Waals surface area contributed by atoms with E-state index in [1.807, 2.05) is 6.08 Å². The van der Waals surface area contributed by atoms with Crippen molar-refractivity contribution in [2.24, 2.45) is 5.73 Å². The fourth-order valence-electron chi connectivity index (χ4n) is 4.88. The highest BCUT2D eigenvalue weighted by atomic mass is 31.2. The van der Waals surface area contributed by atoms with Gasteiger partial charge in [0.1, 0.15) is 0 Å². The van der Waals surface area contributed by atoms with Crippen LogP contribution in [0.1, 0.15) is 142 Å². The fourth-order valence-corrected chi connectivity index (χ4v) is 5.64. The van der Waals surface area contributed by atoms with E-state index in [9.17, 15) is 19.4 Å². The Morgan fingerprint density at radius 2 is 1.20 bits per heavy atom. The van der Waals surface area contributed by atoms with Gasteiger partial charge in [0.25, 0.3) is 0 Å². The molecule has 0 aromatic heterocycles. The maximum atomic E-state index is 12.7. The Morgan fingerprint density at radius 3 is 1.82 bits per heavy atom. The van der Waals surface area contributed by atoms with E-state index in [-0.39, 0.29) is 25.7 Å². The molecule has 0 heterocycles. The van der Waals surface area contributed by atoms with Crippen LogP contribution in [0.5, 0.6) is 0 Å². The van der Waals surface area contributed by atoms with Crippen LogP contribution in [0, 0.1) is 0 Å². The first-order chi connectivity index (χ1) is 23.9. The molecule has 0 aromatic carbocycles. The molecule has 3 unspecified atom stereocenters. The van der Waals surface area contributed by atoms with Crippen LogP contribution in [0.25, 0.3) is 0 Å². The topological polar surface area (TPSA) is 131 Å². The smallest absolute Gasteiger partial charge is 0.387 e. The second-order valence-electron chi connectivity index (χ2n) is 12.4. The number of amides is 1. The summed E-state index contributed by atoms with van der Waals surface area (Å²) in [4.78, 5) is 22.6. The molecule has 8 nitrogen and oxygen atoms in total. The number of aliphatic hydroxyl groups is 1. The van der Waals surface area contributed by atoms with Crippen LogP contribution < -0.4 is 11.1 Å². The molecule has 0 spiro atoms. The van der Waals surface area contributed by atoms with Gasteiger partial charge in [-0.2, -0.15) is 0 Å². The predicted molar refractivity (Wildman–Crippen MR) is 207 cm³/mol. The summed E-state index contributed by atoms with van der Waals surface area (Å²) in [5, 5.41) is 13.6. The number of aliphatic hydroxyl groups excluding tert-OH is 1. The van der Waals surface area contributed by atoms with Crippen molar-refractivity contribution < 1.29 is 28.4 Å². The second kappa shape index (κ2) is 35.8. The lowest BCUT2D eigenvalue weighted by atomic mass is 10.1. The minimum atomic E-state index is -4.35. The Labute approximate surface area is 299 Å². The zero-order valence-corrected chi connectivity index (χ0v) is 31.8. The minimum Gasteiger partial charge on any atom is -0.387 e. The van der Waals surface area contributed by atoms with Gasteiger partial charge in [-0.1, -0.05) is 132 Å². The molecular weight excluding hydrogens is 635 g/mol. The fraction of sp³-hybridized carbons (Fsp3) is 0.675. The number of allylic oxidation sites excluding steroid dienone is 11. The van der Waals surface area contributed by atoms with Crippen LogP contribution in [0.4, 0.5) is 0 Å². The van der Waals surface area contributed by atoms with E-state index in [1.54, 1.807) is 6.08 Å². The van der Waals surface area contributed by atoms with E-state index >= 15 is 0 Å². The average Bonchev–Trinajstić information content (AvgIpc) is 3.09. The van der Waals surface area contributed by atoms with Crippen molar-refractivity contribution in [2.45, 2.75) is 154 Å². The first kappa shape index (κ1) is 46.9. The third kappa shape index (κ3) is 34.2. The highest BCUT2D eigenvalue weighted by molar-refractivity contribution is 7.47. The van der Waals surface area contributed by atoms with E-state index < -0.39 is 20.0 Å². The molecule has 0 saturated heterocycles. The quantitative estimate of drug-likeness (QED) is 0.0298. The Bertz CT molecular complexity index is 991. The SMILES string of the molecule is CC/C=C\C/C=C\C/C=C\CCCCCCCCCC(=O)NC(COP(=O)(O)OCCN)C(O)/C=C/CC/C=C/CC/C=C/CCCCC. The van der Waals surface area contributed by atoms with Crippen molar-refractivity contribution in [1.82, 2.24) is 5.32 Å². The number of hydrogen-bond donors (Lipinski definition) is 4. The number of carbonyl (C=O) groups is 1. The lowest BCUT2D eigenvalue weighted by Crippen LogP contribution is -2.45. The maximum Gasteiger partial charge on any atom is 0.472 e. The van der Waals surface area contributed by atoms with Crippen molar-refractivity contribution in [3.05, 3.63) is 72.9 Å². The molecule has 1 amide bonds. The van der Waals surface area contributed by atoms with E-state index in [0.717, 1.165) is 83.5 Å². The molecular formula is C40H71N2O6P. The Kier molecular flexibility index (Phi) is 34.3. The monoisotopic (exact) mass is 707 g/mol. The molecule has 0 bridgehead atoms. The molecule has 3 atom stereocenters. The average molecular weight is 707 g/mol. The van der Waals surface area contributed by atoms with E-state index in [4.69, 9.17) is 14.8 Å². The third-order valence-corrected chi connectivity index (χ3v) is 8.73. The highest BCUT2D eigenvalue weighted by Gasteiger charge is 2.26. The van der Waals surface area contributed by atoms with Crippen molar-refractivity contribution in [3.63, 3.8) is 0 Å². The number of carbonyl (C=O) groups excluding carboxylic acids is 1. The number of phosphoric ester groups is 1. The van der Waals surface area contributed by atoms with Crippen LogP contribution in [0.2, 0.25) is 0 Å². The molecule has 0 aliphatic heterocycles. The largest absolute Gasteiger partial charge is 0.472 e. The summed E-state index contributed by atoms with van der Waals surface area (Å²) in [5.41, 5.74) is 5.35. The first-order valence-corrected chi connectivity index (χ1v) is 20.6. The standard InChI is InChI=1S/C40H71N2O6P/c1-3-5-7-9-11-13-15-17-18-19-20-22-24-26-28-30-32-34-40(44)42-38(37-48-49(45,46)47-36-35-41)39(43)33-31-29-27-25-23-21-16-14-12-10-8-6-4-2/h5,7,11-14,17-18,23,25,31,33,38-39,43H,3-4,6,8-10,15-16,19-22,24,26-30,32,34-37,41H2,1-2H3,(H,42,44)(H,45,46)/b7-5-,13-11-,14-12+,18-17-,25-23+,33-31+. The molecule has 0 aliphatic carbocycles. The maximum absolute atomic E-state index is 12.7. The third-order valence-electron chi connectivity index (χ3n) is 7.74. The zero-order valence-electron chi connectivity index (χ0n) is 30.9. The summed E-state index contributed by atoms with van der Waals surface area (Å²) in [5.74, 6) is -0.224. The number of rotatable bonds is 34. The van der Waals surface area contributed by atoms with E-state index in [2.05, 4.69) is 79.9 Å². The van der Waals surface area contributed by atoms with Gasteiger partial charge in [-0.3, -0.25) is 13.8 Å². The number of unbranched alkanes of at least 4 members (excludes halogenated alkanes) is 12. The van der Waals surface area contributed by atoms with E-state index in [1.165, 1.54) is 38.5 Å². The predicted octanol–water partition coefficient (Wildman–Crippen LogP) is 10.1. The van der Waals surface area contributed by atoms with Crippen LogP contribution in [0.3, 0.4) is 0 Å². The van der Waals surface area contributed by atoms with Crippen molar-refractivity contribution in [3.8, 4) is 0 Å². The highest BCUT2D eigenvalue weighted by Crippen LogP contribution is 2.43. The van der Waals surface area contributed by atoms with Gasteiger partial charge in [-0.05, 0) is 77.0 Å². The molecule has 9 heteroatoms. The molecule has 0 fully saturated rings. The first-order valence-electron chi connectivity index (χ1n) is 19.1. The molecule has 5 N–H and O–H groups in total. The molecule has 49 heavy (non-hydrogen) atoms. The van der Waals surface area contributed by atoms with Crippen LogP contribution >= 0.6 is 7.82 Å². The lowest BCUT2D eigenvalue weighted by molar-refractivity contribution is -0.123. The minimum absolute atomic E-state index is 0.0663. The van der Waals surface area contributed by atoms with Gasteiger partial charge in [0, 0.05) is 13.0 Å². The number of phosphoric acid groups is 1. The molecule has 0 saturated carbocycles. The molecule has 282 valence electrons. The van der Waals surface area contributed by atoms with Gasteiger partial charge in [0.2, 0.25) is 5.91 Å². The molecule has 0 aliphatic rings. The Hall–Kier alpha value is -2.06. The summed E-state index contributed by atoms with van der Waals surface area (Å²) in [6.45, 7) is 3.92. The Morgan fingerprint density at radius 1 is 0.694 bits per heavy atom. The van der Waals surface area contributed by atoms with Gasteiger partial charge < -0.3 is 21.1 Å². The van der Waals surface area contributed by atoms with Crippen molar-refractivity contribution in [2.75, 3.05) is 19.8 Å². The zero-order chi connectivity index (χ0) is 36.1. The van der Waals surface area contributed by atoms with Crippen molar-refractivity contribution in [1.29, 1.82) is 0 Å². The molecule has 0 rings (SSSR count).